The van der Waals surface area contributed by atoms with E-state index >= 15 is 0 Å². The minimum absolute atomic E-state index is 0.108. The van der Waals surface area contributed by atoms with Gasteiger partial charge in [0.15, 0.2) is 0 Å². The summed E-state index contributed by atoms with van der Waals surface area (Å²) in [7, 11) is 0. The molecule has 0 fully saturated rings. The van der Waals surface area contributed by atoms with E-state index in [0.717, 1.165) is 5.56 Å². The molecule has 2 rings (SSSR count). The monoisotopic (exact) mass is 288 g/mol. The maximum atomic E-state index is 9.83. The number of benzene rings is 2. The topological polar surface area (TPSA) is 20.2 Å². The molecule has 1 N–H and O–H groups in total. The molecule has 0 saturated carbocycles. The molecule has 2 heteroatoms. The van der Waals surface area contributed by atoms with E-state index in [4.69, 9.17) is 0 Å². The average Bonchev–Trinajstić information content (AvgIpc) is 2.41. The molecule has 1 nitrogen and oxygen atoms in total. The Kier molecular flexibility index (Phi) is 4.41. The van der Waals surface area contributed by atoms with Crippen LogP contribution >= 0.6 is 0 Å². The fourth-order valence-electron chi connectivity index (χ4n) is 1.35. The number of hydrogen-bond acceptors (Lipinski definition) is 1. The van der Waals surface area contributed by atoms with Crippen molar-refractivity contribution < 1.29 is 5.11 Å². The summed E-state index contributed by atoms with van der Waals surface area (Å²) in [5.41, 5.74) is 0.851. The van der Waals surface area contributed by atoms with Crippen LogP contribution in [-0.2, 0) is 0 Å². The van der Waals surface area contributed by atoms with E-state index in [2.05, 4.69) is 22.9 Å². The Bertz CT molecular complexity index is 511. The first-order chi connectivity index (χ1) is 8.36. The van der Waals surface area contributed by atoms with E-state index in [1.807, 2.05) is 48.5 Å². The van der Waals surface area contributed by atoms with Crippen molar-refractivity contribution in [3.05, 3.63) is 66.2 Å². The molecule has 2 aromatic carbocycles. The molecule has 1 atom stereocenters. The van der Waals surface area contributed by atoms with Crippen LogP contribution in [0.25, 0.3) is 0 Å². The van der Waals surface area contributed by atoms with Crippen LogP contribution in [0, 0.1) is 10.7 Å². The van der Waals surface area contributed by atoms with Crippen LogP contribution in [0.5, 0.6) is 0 Å². The van der Waals surface area contributed by atoms with Crippen LogP contribution in [0.15, 0.2) is 60.7 Å². The standard InChI is InChI=1S/C15H12OSe/c16-15(13-7-3-1-4-8-13)11-12-17-14-9-5-2-6-10-14/h1-10,15-16H. The molecule has 1 unspecified atom stereocenters. The molecule has 0 heterocycles. The Labute approximate surface area is 108 Å². The van der Waals surface area contributed by atoms with Gasteiger partial charge in [-0.25, -0.2) is 0 Å². The van der Waals surface area contributed by atoms with Crippen molar-refractivity contribution in [2.45, 2.75) is 6.10 Å². The quantitative estimate of drug-likeness (QED) is 0.658. The predicted octanol–water partition coefficient (Wildman–Crippen LogP) is 1.71. The van der Waals surface area contributed by atoms with E-state index in [1.165, 1.54) is 4.46 Å². The van der Waals surface area contributed by atoms with Gasteiger partial charge < -0.3 is 0 Å². The Hall–Kier alpha value is -1.52. The van der Waals surface area contributed by atoms with Crippen LogP contribution in [0.4, 0.5) is 0 Å². The zero-order valence-electron chi connectivity index (χ0n) is 9.21. The molecule has 0 aromatic heterocycles. The van der Waals surface area contributed by atoms with E-state index in [9.17, 15) is 5.11 Å². The van der Waals surface area contributed by atoms with Crippen LogP contribution < -0.4 is 4.46 Å². The zero-order valence-corrected chi connectivity index (χ0v) is 10.9. The van der Waals surface area contributed by atoms with Gasteiger partial charge in [-0.15, -0.1) is 0 Å². The summed E-state index contributed by atoms with van der Waals surface area (Å²) in [6.45, 7) is 0. The van der Waals surface area contributed by atoms with E-state index in [-0.39, 0.29) is 15.0 Å². The van der Waals surface area contributed by atoms with Crippen molar-refractivity contribution in [1.29, 1.82) is 0 Å². The average molecular weight is 287 g/mol. The molecule has 0 radical (unpaired) electrons. The summed E-state index contributed by atoms with van der Waals surface area (Å²) in [5, 5.41) is 9.83. The van der Waals surface area contributed by atoms with Crippen LogP contribution in [0.2, 0.25) is 0 Å². The molecule has 0 spiro atoms. The summed E-state index contributed by atoms with van der Waals surface area (Å²) in [5.74, 6) is 2.88. The number of aliphatic hydroxyl groups is 1. The Balaban J connectivity index is 1.98. The molecule has 2 aromatic rings. The SMILES string of the molecule is OC(C#C[Se]c1ccccc1)c1ccccc1. The van der Waals surface area contributed by atoms with Crippen LogP contribution in [0.3, 0.4) is 0 Å². The summed E-state index contributed by atoms with van der Waals surface area (Å²) in [4.78, 5) is 3.06. The molecule has 17 heavy (non-hydrogen) atoms. The molecule has 0 aliphatic carbocycles. The molecule has 0 amide bonds. The number of hydrogen-bond donors (Lipinski definition) is 1. The Morgan fingerprint density at radius 1 is 0.882 bits per heavy atom. The van der Waals surface area contributed by atoms with E-state index < -0.39 is 6.10 Å². The zero-order chi connectivity index (χ0) is 11.9. The normalized spacial score (nSPS) is 11.4. The van der Waals surface area contributed by atoms with Crippen molar-refractivity contribution in [2.24, 2.45) is 0 Å². The van der Waals surface area contributed by atoms with Crippen molar-refractivity contribution >= 4 is 19.4 Å². The molecular formula is C15H12OSe. The second kappa shape index (κ2) is 6.27. The predicted molar refractivity (Wildman–Crippen MR) is 71.0 cm³/mol. The van der Waals surface area contributed by atoms with Gasteiger partial charge in [-0.2, -0.15) is 0 Å². The van der Waals surface area contributed by atoms with E-state index in [1.54, 1.807) is 0 Å². The van der Waals surface area contributed by atoms with Gasteiger partial charge in [-0.05, 0) is 0 Å². The molecule has 0 bridgehead atoms. The first kappa shape index (κ1) is 12.0. The summed E-state index contributed by atoms with van der Waals surface area (Å²) in [6, 6.07) is 19.6. The van der Waals surface area contributed by atoms with Gasteiger partial charge in [-0.1, -0.05) is 0 Å². The van der Waals surface area contributed by atoms with Crippen molar-refractivity contribution in [1.82, 2.24) is 0 Å². The number of aliphatic hydroxyl groups excluding tert-OH is 1. The Morgan fingerprint density at radius 3 is 2.12 bits per heavy atom. The second-order valence-electron chi connectivity index (χ2n) is 3.47. The van der Waals surface area contributed by atoms with Crippen molar-refractivity contribution in [3.63, 3.8) is 0 Å². The third-order valence-corrected chi connectivity index (χ3v) is 3.75. The molecule has 84 valence electrons. The molecule has 0 saturated heterocycles. The third-order valence-electron chi connectivity index (χ3n) is 2.22. The summed E-state index contributed by atoms with van der Waals surface area (Å²) < 4.78 is 1.23. The van der Waals surface area contributed by atoms with Gasteiger partial charge >= 0.3 is 108 Å². The van der Waals surface area contributed by atoms with Gasteiger partial charge in [0, 0.05) is 0 Å². The van der Waals surface area contributed by atoms with E-state index in [0.29, 0.717) is 0 Å². The summed E-state index contributed by atoms with van der Waals surface area (Å²) in [6.07, 6.45) is -0.679. The first-order valence-corrected chi connectivity index (χ1v) is 7.03. The molecular weight excluding hydrogens is 275 g/mol. The van der Waals surface area contributed by atoms with Crippen molar-refractivity contribution in [3.8, 4) is 10.7 Å². The maximum absolute atomic E-state index is 9.83. The minimum atomic E-state index is -0.679. The molecule has 0 aliphatic rings. The van der Waals surface area contributed by atoms with Gasteiger partial charge in [0.1, 0.15) is 0 Å². The van der Waals surface area contributed by atoms with Crippen molar-refractivity contribution in [2.75, 3.05) is 0 Å². The van der Waals surface area contributed by atoms with Crippen LogP contribution in [-0.4, -0.2) is 20.1 Å². The summed E-state index contributed by atoms with van der Waals surface area (Å²) >= 11 is 0.108. The fourth-order valence-corrected chi connectivity index (χ4v) is 2.57. The van der Waals surface area contributed by atoms with Gasteiger partial charge in [0.2, 0.25) is 0 Å². The third kappa shape index (κ3) is 3.76. The van der Waals surface area contributed by atoms with Gasteiger partial charge in [-0.3, -0.25) is 0 Å². The first-order valence-electron chi connectivity index (χ1n) is 5.32. The number of rotatable bonds is 2. The second-order valence-corrected chi connectivity index (χ2v) is 5.32. The van der Waals surface area contributed by atoms with Gasteiger partial charge in [0.05, 0.1) is 0 Å². The fraction of sp³-hybridized carbons (Fsp3) is 0.0667. The van der Waals surface area contributed by atoms with Crippen LogP contribution in [0.1, 0.15) is 11.7 Å². The Morgan fingerprint density at radius 2 is 1.47 bits per heavy atom. The molecule has 0 aliphatic heterocycles. The van der Waals surface area contributed by atoms with Gasteiger partial charge in [0.25, 0.3) is 0 Å².